The lowest BCUT2D eigenvalue weighted by atomic mass is 9.98. The lowest BCUT2D eigenvalue weighted by Gasteiger charge is -2.32. The second kappa shape index (κ2) is 11.2. The molecular formula is C23H41NO3. The molecule has 0 heterocycles. The third-order valence-electron chi connectivity index (χ3n) is 3.80. The van der Waals surface area contributed by atoms with Gasteiger partial charge in [-0.25, -0.2) is 0 Å². The minimum atomic E-state index is -0.278. The predicted molar refractivity (Wildman–Crippen MR) is 113 cm³/mol. The lowest BCUT2D eigenvalue weighted by Crippen LogP contribution is -2.47. The molecule has 0 amide bonds. The van der Waals surface area contributed by atoms with E-state index in [4.69, 9.17) is 14.2 Å². The molecule has 2 atom stereocenters. The highest BCUT2D eigenvalue weighted by atomic mass is 16.7. The molecule has 0 spiro atoms. The fourth-order valence-corrected chi connectivity index (χ4v) is 2.50. The summed E-state index contributed by atoms with van der Waals surface area (Å²) in [6, 6.07) is 10.5. The molecule has 0 saturated carbocycles. The van der Waals surface area contributed by atoms with Crippen LogP contribution in [0.25, 0.3) is 0 Å². The Morgan fingerprint density at radius 2 is 1.37 bits per heavy atom. The zero-order chi connectivity index (χ0) is 20.5. The van der Waals surface area contributed by atoms with Gasteiger partial charge in [-0.05, 0) is 30.2 Å². The van der Waals surface area contributed by atoms with Crippen molar-refractivity contribution in [2.75, 3.05) is 19.8 Å². The molecule has 0 unspecified atom stereocenters. The Morgan fingerprint density at radius 3 is 1.85 bits per heavy atom. The van der Waals surface area contributed by atoms with E-state index in [-0.39, 0.29) is 29.2 Å². The van der Waals surface area contributed by atoms with Crippen LogP contribution >= 0.6 is 0 Å². The minimum Gasteiger partial charge on any atom is -0.375 e. The van der Waals surface area contributed by atoms with Gasteiger partial charge in [0.15, 0.2) is 6.29 Å². The highest BCUT2D eigenvalue weighted by Gasteiger charge is 2.25. The fraction of sp³-hybridized carbons (Fsp3) is 0.739. The zero-order valence-electron chi connectivity index (χ0n) is 18.7. The fourth-order valence-electron chi connectivity index (χ4n) is 2.50. The summed E-state index contributed by atoms with van der Waals surface area (Å²) >= 11 is 0. The number of rotatable bonds is 11. The van der Waals surface area contributed by atoms with Crippen molar-refractivity contribution in [3.05, 3.63) is 35.9 Å². The van der Waals surface area contributed by atoms with Crippen LogP contribution in [-0.4, -0.2) is 38.2 Å². The van der Waals surface area contributed by atoms with E-state index in [1.165, 1.54) is 5.56 Å². The summed E-state index contributed by atoms with van der Waals surface area (Å²) in [7, 11) is 0. The van der Waals surface area contributed by atoms with E-state index in [9.17, 15) is 0 Å². The molecule has 0 saturated heterocycles. The molecule has 1 aromatic carbocycles. The molecule has 1 rings (SSSR count). The SMILES string of the molecule is C[C@H](COCc1ccccc1)N[C@@H](C)C(OCC(C)(C)C)OCC(C)(C)C. The molecule has 1 aromatic rings. The Balaban J connectivity index is 2.47. The molecule has 27 heavy (non-hydrogen) atoms. The van der Waals surface area contributed by atoms with Gasteiger partial charge < -0.3 is 19.5 Å². The third-order valence-corrected chi connectivity index (χ3v) is 3.80. The quantitative estimate of drug-likeness (QED) is 0.548. The standard InChI is InChI=1S/C23H41NO3/c1-18(14-25-15-20-12-10-9-11-13-20)24-19(2)21(26-16-22(3,4)5)27-17-23(6,7)8/h9-13,18-19,21,24H,14-17H2,1-8H3/t18-,19+/m1/s1. The minimum absolute atomic E-state index is 0.0741. The average molecular weight is 380 g/mol. The third kappa shape index (κ3) is 12.2. The van der Waals surface area contributed by atoms with Crippen LogP contribution in [0.3, 0.4) is 0 Å². The van der Waals surface area contributed by atoms with Crippen LogP contribution in [0.15, 0.2) is 30.3 Å². The van der Waals surface area contributed by atoms with Crippen molar-refractivity contribution in [1.82, 2.24) is 5.32 Å². The van der Waals surface area contributed by atoms with Gasteiger partial charge in [-0.15, -0.1) is 0 Å². The van der Waals surface area contributed by atoms with Gasteiger partial charge in [0.05, 0.1) is 32.5 Å². The second-order valence-corrected chi connectivity index (χ2v) is 9.97. The van der Waals surface area contributed by atoms with Crippen molar-refractivity contribution >= 4 is 0 Å². The first-order valence-corrected chi connectivity index (χ1v) is 10.1. The van der Waals surface area contributed by atoms with E-state index < -0.39 is 0 Å². The Hall–Kier alpha value is -0.940. The van der Waals surface area contributed by atoms with Crippen LogP contribution in [0.1, 0.15) is 61.0 Å². The number of hydrogen-bond acceptors (Lipinski definition) is 4. The summed E-state index contributed by atoms with van der Waals surface area (Å²) in [6.07, 6.45) is -0.278. The smallest absolute Gasteiger partial charge is 0.172 e. The van der Waals surface area contributed by atoms with Crippen LogP contribution in [-0.2, 0) is 20.8 Å². The summed E-state index contributed by atoms with van der Waals surface area (Å²) in [4.78, 5) is 0. The van der Waals surface area contributed by atoms with Gasteiger partial charge in [-0.2, -0.15) is 0 Å². The monoisotopic (exact) mass is 379 g/mol. The second-order valence-electron chi connectivity index (χ2n) is 9.97. The normalized spacial score (nSPS) is 15.1. The Labute approximate surface area is 167 Å². The summed E-state index contributed by atoms with van der Waals surface area (Å²) in [5, 5.41) is 3.56. The van der Waals surface area contributed by atoms with Gasteiger partial charge in [-0.3, -0.25) is 0 Å². The summed E-state index contributed by atoms with van der Waals surface area (Å²) in [5.74, 6) is 0. The summed E-state index contributed by atoms with van der Waals surface area (Å²) < 4.78 is 18.1. The molecule has 0 radical (unpaired) electrons. The number of nitrogens with one attached hydrogen (secondary N) is 1. The van der Waals surface area contributed by atoms with Gasteiger partial charge >= 0.3 is 0 Å². The molecular weight excluding hydrogens is 338 g/mol. The Morgan fingerprint density at radius 1 is 0.852 bits per heavy atom. The maximum absolute atomic E-state index is 6.11. The molecule has 156 valence electrons. The molecule has 0 aliphatic rings. The first-order chi connectivity index (χ1) is 12.5. The first kappa shape index (κ1) is 24.1. The van der Waals surface area contributed by atoms with Gasteiger partial charge in [0.1, 0.15) is 0 Å². The van der Waals surface area contributed by atoms with E-state index in [0.717, 1.165) is 0 Å². The molecule has 0 aliphatic carbocycles. The van der Waals surface area contributed by atoms with E-state index in [1.54, 1.807) is 0 Å². The van der Waals surface area contributed by atoms with Crippen LogP contribution < -0.4 is 5.32 Å². The topological polar surface area (TPSA) is 39.7 Å². The van der Waals surface area contributed by atoms with Gasteiger partial charge in [0.25, 0.3) is 0 Å². The zero-order valence-corrected chi connectivity index (χ0v) is 18.7. The largest absolute Gasteiger partial charge is 0.375 e. The maximum atomic E-state index is 6.11. The number of benzene rings is 1. The van der Waals surface area contributed by atoms with Crippen LogP contribution in [0.4, 0.5) is 0 Å². The van der Waals surface area contributed by atoms with Crippen molar-refractivity contribution in [1.29, 1.82) is 0 Å². The molecule has 0 bridgehead atoms. The van der Waals surface area contributed by atoms with Crippen molar-refractivity contribution in [3.8, 4) is 0 Å². The van der Waals surface area contributed by atoms with E-state index >= 15 is 0 Å². The molecule has 0 aromatic heterocycles. The van der Waals surface area contributed by atoms with E-state index in [0.29, 0.717) is 26.4 Å². The molecule has 4 heteroatoms. The van der Waals surface area contributed by atoms with E-state index in [1.807, 2.05) is 18.2 Å². The van der Waals surface area contributed by atoms with Crippen LogP contribution in [0.5, 0.6) is 0 Å². The molecule has 0 aliphatic heterocycles. The first-order valence-electron chi connectivity index (χ1n) is 10.1. The maximum Gasteiger partial charge on any atom is 0.172 e. The summed E-state index contributed by atoms with van der Waals surface area (Å²) in [6.45, 7) is 19.9. The van der Waals surface area contributed by atoms with E-state index in [2.05, 4.69) is 72.8 Å². The summed E-state index contributed by atoms with van der Waals surface area (Å²) in [5.41, 5.74) is 1.40. The molecule has 0 fully saturated rings. The van der Waals surface area contributed by atoms with Crippen molar-refractivity contribution in [2.24, 2.45) is 10.8 Å². The lowest BCUT2D eigenvalue weighted by molar-refractivity contribution is -0.183. The number of hydrogen-bond donors (Lipinski definition) is 1. The van der Waals surface area contributed by atoms with Gasteiger partial charge in [0.2, 0.25) is 0 Å². The highest BCUT2D eigenvalue weighted by Crippen LogP contribution is 2.19. The van der Waals surface area contributed by atoms with Gasteiger partial charge in [-0.1, -0.05) is 71.9 Å². The Bertz CT molecular complexity index is 487. The number of ether oxygens (including phenoxy) is 3. The molecule has 1 N–H and O–H groups in total. The predicted octanol–water partition coefficient (Wildman–Crippen LogP) is 5.02. The molecule has 4 nitrogen and oxygen atoms in total. The van der Waals surface area contributed by atoms with Crippen molar-refractivity contribution in [3.63, 3.8) is 0 Å². The highest BCUT2D eigenvalue weighted by molar-refractivity contribution is 5.13. The van der Waals surface area contributed by atoms with Crippen molar-refractivity contribution in [2.45, 2.75) is 80.4 Å². The van der Waals surface area contributed by atoms with Crippen LogP contribution in [0.2, 0.25) is 0 Å². The van der Waals surface area contributed by atoms with Gasteiger partial charge in [0, 0.05) is 6.04 Å². The Kier molecular flexibility index (Phi) is 9.96. The van der Waals surface area contributed by atoms with Crippen LogP contribution in [0, 0.1) is 10.8 Å². The van der Waals surface area contributed by atoms with Crippen molar-refractivity contribution < 1.29 is 14.2 Å². The average Bonchev–Trinajstić information content (AvgIpc) is 2.53.